The molecule has 3 nitrogen and oxygen atoms in total. The molecule has 12 heavy (non-hydrogen) atoms. The molecule has 4 heteroatoms. The number of hydrogen-bond acceptors (Lipinski definition) is 2. The van der Waals surface area contributed by atoms with Gasteiger partial charge in [0.2, 0.25) is 6.17 Å². The van der Waals surface area contributed by atoms with Gasteiger partial charge in [0.25, 0.3) is 0 Å². The van der Waals surface area contributed by atoms with Gasteiger partial charge in [-0.05, 0) is 19.0 Å². The van der Waals surface area contributed by atoms with Gasteiger partial charge in [-0.2, -0.15) is 0 Å². The van der Waals surface area contributed by atoms with Crippen LogP contribution in [0.4, 0.5) is 4.39 Å². The van der Waals surface area contributed by atoms with E-state index in [4.69, 9.17) is 5.11 Å². The van der Waals surface area contributed by atoms with Crippen LogP contribution in [0.3, 0.4) is 0 Å². The zero-order valence-electron chi connectivity index (χ0n) is 6.96. The molecule has 0 bridgehead atoms. The molecular weight excluding hydrogens is 161 g/mol. The van der Waals surface area contributed by atoms with Crippen LogP contribution in [0.25, 0.3) is 0 Å². The van der Waals surface area contributed by atoms with E-state index >= 15 is 0 Å². The van der Waals surface area contributed by atoms with E-state index in [9.17, 15) is 9.18 Å². The lowest BCUT2D eigenvalue weighted by molar-refractivity contribution is -0.141. The summed E-state index contributed by atoms with van der Waals surface area (Å²) in [6.07, 6.45) is 0.366. The Labute approximate surface area is 70.5 Å². The van der Waals surface area contributed by atoms with Crippen molar-refractivity contribution in [3.8, 4) is 0 Å². The summed E-state index contributed by atoms with van der Waals surface area (Å²) in [6, 6.07) is 0. The highest BCUT2D eigenvalue weighted by Gasteiger charge is 2.22. The molecule has 1 aliphatic heterocycles. The van der Waals surface area contributed by atoms with Gasteiger partial charge in [0.1, 0.15) is 0 Å². The summed E-state index contributed by atoms with van der Waals surface area (Å²) in [4.78, 5) is 12.3. The number of halogens is 1. The Morgan fingerprint density at radius 2 is 2.50 bits per heavy atom. The van der Waals surface area contributed by atoms with Crippen molar-refractivity contribution in [1.29, 1.82) is 0 Å². The number of alkyl halides is 1. The zero-order valence-corrected chi connectivity index (χ0v) is 6.96. The molecule has 0 amide bonds. The molecule has 1 unspecified atom stereocenters. The van der Waals surface area contributed by atoms with Crippen LogP contribution in [0.5, 0.6) is 0 Å². The highest BCUT2D eigenvalue weighted by atomic mass is 19.1. The average molecular weight is 173 g/mol. The average Bonchev–Trinajstić information content (AvgIpc) is 2.04. The molecule has 0 fully saturated rings. The van der Waals surface area contributed by atoms with E-state index in [1.807, 2.05) is 11.9 Å². The molecule has 1 N–H and O–H groups in total. The van der Waals surface area contributed by atoms with Gasteiger partial charge < -0.3 is 10.0 Å². The number of carboxylic acid groups (broad SMARTS) is 1. The third-order valence-corrected chi connectivity index (χ3v) is 1.99. The van der Waals surface area contributed by atoms with Gasteiger partial charge in [-0.15, -0.1) is 0 Å². The maximum Gasteiger partial charge on any atom is 0.342 e. The summed E-state index contributed by atoms with van der Waals surface area (Å²) >= 11 is 0. The third-order valence-electron chi connectivity index (χ3n) is 1.99. The van der Waals surface area contributed by atoms with Gasteiger partial charge in [-0.3, -0.25) is 0 Å². The summed E-state index contributed by atoms with van der Waals surface area (Å²) in [5, 5.41) is 8.37. The van der Waals surface area contributed by atoms with E-state index in [0.717, 1.165) is 6.54 Å². The van der Waals surface area contributed by atoms with Gasteiger partial charge in [0.15, 0.2) is 0 Å². The van der Waals surface area contributed by atoms with Gasteiger partial charge in [-0.1, -0.05) is 6.08 Å². The molecule has 0 radical (unpaired) electrons. The van der Waals surface area contributed by atoms with Crippen LogP contribution in [-0.4, -0.2) is 42.3 Å². The summed E-state index contributed by atoms with van der Waals surface area (Å²) in [6.45, 7) is 1.38. The molecule has 0 aromatic carbocycles. The number of likely N-dealkylation sites (N-methyl/N-ethyl adjacent to an activating group) is 1. The van der Waals surface area contributed by atoms with Crippen molar-refractivity contribution in [2.45, 2.75) is 12.6 Å². The SMILES string of the molecule is CN1CC=C(C(F)C(=O)O)CC1. The number of aliphatic carboxylic acids is 1. The first-order valence-corrected chi connectivity index (χ1v) is 3.85. The fourth-order valence-corrected chi connectivity index (χ4v) is 1.18. The lowest BCUT2D eigenvalue weighted by Gasteiger charge is -2.22. The van der Waals surface area contributed by atoms with E-state index in [2.05, 4.69) is 0 Å². The molecule has 0 aromatic rings. The third kappa shape index (κ3) is 2.04. The van der Waals surface area contributed by atoms with Crippen molar-refractivity contribution < 1.29 is 14.3 Å². The molecule has 0 spiro atoms. The number of hydrogen-bond donors (Lipinski definition) is 1. The number of rotatable bonds is 2. The molecule has 0 aliphatic carbocycles. The van der Waals surface area contributed by atoms with Crippen LogP contribution in [0, 0.1) is 0 Å². The summed E-state index contributed by atoms with van der Waals surface area (Å²) in [5.41, 5.74) is 0.403. The van der Waals surface area contributed by atoms with Crippen molar-refractivity contribution in [3.63, 3.8) is 0 Å². The van der Waals surface area contributed by atoms with E-state index < -0.39 is 12.1 Å². The van der Waals surface area contributed by atoms with Crippen molar-refractivity contribution in [1.82, 2.24) is 4.90 Å². The molecule has 0 saturated heterocycles. The molecule has 0 aromatic heterocycles. The Morgan fingerprint density at radius 3 is 2.92 bits per heavy atom. The Balaban J connectivity index is 2.58. The van der Waals surface area contributed by atoms with Gasteiger partial charge in [0.05, 0.1) is 0 Å². The number of nitrogens with zero attached hydrogens (tertiary/aromatic N) is 1. The first kappa shape index (κ1) is 9.19. The standard InChI is InChI=1S/C8H12FNO2/c1-10-4-2-6(3-5-10)7(9)8(11)12/h2,7H,3-5H2,1H3,(H,11,12). The smallest absolute Gasteiger partial charge is 0.342 e. The topological polar surface area (TPSA) is 40.5 Å². The quantitative estimate of drug-likeness (QED) is 0.624. The normalized spacial score (nSPS) is 21.7. The van der Waals surface area contributed by atoms with Gasteiger partial charge in [-0.25, -0.2) is 9.18 Å². The second kappa shape index (κ2) is 3.67. The molecule has 68 valence electrons. The second-order valence-electron chi connectivity index (χ2n) is 2.99. The minimum Gasteiger partial charge on any atom is -0.479 e. The molecule has 1 aliphatic rings. The van der Waals surface area contributed by atoms with E-state index in [1.54, 1.807) is 6.08 Å². The van der Waals surface area contributed by atoms with Crippen LogP contribution in [0.2, 0.25) is 0 Å². The van der Waals surface area contributed by atoms with Gasteiger partial charge in [0, 0.05) is 13.1 Å². The van der Waals surface area contributed by atoms with Crippen LogP contribution < -0.4 is 0 Å². The van der Waals surface area contributed by atoms with Crippen LogP contribution in [-0.2, 0) is 4.79 Å². The van der Waals surface area contributed by atoms with E-state index in [-0.39, 0.29) is 0 Å². The fourth-order valence-electron chi connectivity index (χ4n) is 1.18. The van der Waals surface area contributed by atoms with Crippen LogP contribution >= 0.6 is 0 Å². The lowest BCUT2D eigenvalue weighted by Crippen LogP contribution is -2.29. The summed E-state index contributed by atoms with van der Waals surface area (Å²) in [7, 11) is 1.92. The summed E-state index contributed by atoms with van der Waals surface area (Å²) < 4.78 is 12.9. The Morgan fingerprint density at radius 1 is 1.83 bits per heavy atom. The molecular formula is C8H12FNO2. The minimum atomic E-state index is -1.81. The first-order chi connectivity index (χ1) is 5.61. The molecule has 1 rings (SSSR count). The number of carboxylic acids is 1. The first-order valence-electron chi connectivity index (χ1n) is 3.85. The molecule has 1 atom stereocenters. The molecule has 0 saturated carbocycles. The van der Waals surface area contributed by atoms with E-state index in [1.165, 1.54) is 0 Å². The highest BCUT2D eigenvalue weighted by molar-refractivity contribution is 5.76. The second-order valence-corrected chi connectivity index (χ2v) is 2.99. The van der Waals surface area contributed by atoms with Gasteiger partial charge >= 0.3 is 5.97 Å². The van der Waals surface area contributed by atoms with E-state index in [0.29, 0.717) is 18.5 Å². The zero-order chi connectivity index (χ0) is 9.14. The summed E-state index contributed by atoms with van der Waals surface area (Å²) in [5.74, 6) is -1.38. The highest BCUT2D eigenvalue weighted by Crippen LogP contribution is 2.15. The predicted molar refractivity (Wildman–Crippen MR) is 42.7 cm³/mol. The van der Waals surface area contributed by atoms with Crippen molar-refractivity contribution in [2.24, 2.45) is 0 Å². The van der Waals surface area contributed by atoms with Crippen LogP contribution in [0.15, 0.2) is 11.6 Å². The maximum atomic E-state index is 12.9. The van der Waals surface area contributed by atoms with Crippen molar-refractivity contribution >= 4 is 5.97 Å². The molecule has 1 heterocycles. The predicted octanol–water partition coefficient (Wildman–Crippen LogP) is 0.671. The van der Waals surface area contributed by atoms with Crippen molar-refractivity contribution in [2.75, 3.05) is 20.1 Å². The lowest BCUT2D eigenvalue weighted by atomic mass is 10.0. The van der Waals surface area contributed by atoms with Crippen LogP contribution in [0.1, 0.15) is 6.42 Å². The minimum absolute atomic E-state index is 0.403. The Bertz CT molecular complexity index is 215. The maximum absolute atomic E-state index is 12.9. The largest absolute Gasteiger partial charge is 0.479 e. The van der Waals surface area contributed by atoms with Crippen molar-refractivity contribution in [3.05, 3.63) is 11.6 Å². The Hall–Kier alpha value is -0.900. The number of carbonyl (C=O) groups is 1. The fraction of sp³-hybridized carbons (Fsp3) is 0.625. The monoisotopic (exact) mass is 173 g/mol. The Kier molecular flexibility index (Phi) is 2.81.